The Hall–Kier alpha value is -2.81. The van der Waals surface area contributed by atoms with Crippen molar-refractivity contribution in [2.75, 3.05) is 20.2 Å². The Bertz CT molecular complexity index is 648. The number of amides is 2. The molecule has 0 bridgehead atoms. The third kappa shape index (κ3) is 3.93. The van der Waals surface area contributed by atoms with Crippen LogP contribution in [-0.4, -0.2) is 48.0 Å². The van der Waals surface area contributed by atoms with Crippen molar-refractivity contribution in [3.63, 3.8) is 0 Å². The van der Waals surface area contributed by atoms with Crippen LogP contribution in [0.5, 0.6) is 0 Å². The van der Waals surface area contributed by atoms with E-state index in [2.05, 4.69) is 12.6 Å². The monoisotopic (exact) mass is 327 g/mol. The summed E-state index contributed by atoms with van der Waals surface area (Å²) in [6.07, 6.45) is 2.61. The number of hydrogen-bond donors (Lipinski definition) is 0. The second kappa shape index (κ2) is 8.16. The Morgan fingerprint density at radius 2 is 2.17 bits per heavy atom. The standard InChI is InChI=1S/C18H21N3O3/c1-3-10-20(13-15-8-6-14(12-19)7-9-15)17(22)16-5-4-11-21(16)18(23)24-2/h3,6-9,16H,1,4-5,10-11,13H2,2H3. The summed E-state index contributed by atoms with van der Waals surface area (Å²) < 4.78 is 4.76. The molecule has 1 aromatic rings. The van der Waals surface area contributed by atoms with Crippen LogP contribution in [0.2, 0.25) is 0 Å². The molecule has 1 atom stereocenters. The number of carbonyl (C=O) groups excluding carboxylic acids is 2. The molecule has 0 aliphatic carbocycles. The molecule has 6 heteroatoms. The van der Waals surface area contributed by atoms with Gasteiger partial charge in [-0.25, -0.2) is 4.79 Å². The van der Waals surface area contributed by atoms with Gasteiger partial charge in [0.15, 0.2) is 0 Å². The zero-order valence-electron chi connectivity index (χ0n) is 13.8. The van der Waals surface area contributed by atoms with Gasteiger partial charge in [-0.15, -0.1) is 6.58 Å². The summed E-state index contributed by atoms with van der Waals surface area (Å²) in [5.41, 5.74) is 1.50. The maximum atomic E-state index is 12.9. The molecule has 1 aliphatic heterocycles. The van der Waals surface area contributed by atoms with Crippen molar-refractivity contribution < 1.29 is 14.3 Å². The summed E-state index contributed by atoms with van der Waals surface area (Å²) in [7, 11) is 1.32. The van der Waals surface area contributed by atoms with Crippen molar-refractivity contribution in [1.82, 2.24) is 9.80 Å². The Balaban J connectivity index is 2.13. The van der Waals surface area contributed by atoms with Gasteiger partial charge in [-0.05, 0) is 30.5 Å². The van der Waals surface area contributed by atoms with Crippen LogP contribution in [0.25, 0.3) is 0 Å². The molecule has 1 heterocycles. The van der Waals surface area contributed by atoms with Gasteiger partial charge in [0.25, 0.3) is 0 Å². The van der Waals surface area contributed by atoms with Crippen LogP contribution >= 0.6 is 0 Å². The quantitative estimate of drug-likeness (QED) is 0.778. The van der Waals surface area contributed by atoms with Gasteiger partial charge in [0.2, 0.25) is 5.91 Å². The predicted octanol–water partition coefficient (Wildman–Crippen LogP) is 2.30. The van der Waals surface area contributed by atoms with Gasteiger partial charge in [-0.3, -0.25) is 9.69 Å². The second-order valence-corrected chi connectivity index (χ2v) is 5.64. The minimum absolute atomic E-state index is 0.109. The minimum Gasteiger partial charge on any atom is -0.453 e. The smallest absolute Gasteiger partial charge is 0.410 e. The highest BCUT2D eigenvalue weighted by atomic mass is 16.5. The molecule has 24 heavy (non-hydrogen) atoms. The van der Waals surface area contributed by atoms with Crippen molar-refractivity contribution in [3.05, 3.63) is 48.0 Å². The lowest BCUT2D eigenvalue weighted by atomic mass is 10.1. The zero-order valence-corrected chi connectivity index (χ0v) is 13.8. The van der Waals surface area contributed by atoms with E-state index in [-0.39, 0.29) is 5.91 Å². The Kier molecular flexibility index (Phi) is 5.96. The van der Waals surface area contributed by atoms with E-state index in [0.717, 1.165) is 12.0 Å². The minimum atomic E-state index is -0.490. The molecule has 0 N–H and O–H groups in total. The third-order valence-corrected chi connectivity index (χ3v) is 4.06. The first-order valence-corrected chi connectivity index (χ1v) is 7.84. The summed E-state index contributed by atoms with van der Waals surface area (Å²) in [6, 6.07) is 8.68. The number of rotatable bonds is 5. The second-order valence-electron chi connectivity index (χ2n) is 5.64. The summed E-state index contributed by atoms with van der Waals surface area (Å²) in [4.78, 5) is 27.8. The molecule has 6 nitrogen and oxygen atoms in total. The van der Waals surface area contributed by atoms with Crippen LogP contribution < -0.4 is 0 Å². The molecule has 1 aromatic carbocycles. The molecule has 0 aromatic heterocycles. The lowest BCUT2D eigenvalue weighted by molar-refractivity contribution is -0.135. The van der Waals surface area contributed by atoms with Gasteiger partial charge < -0.3 is 9.64 Å². The van der Waals surface area contributed by atoms with Gasteiger partial charge in [0.1, 0.15) is 6.04 Å². The van der Waals surface area contributed by atoms with Crippen molar-refractivity contribution in [3.8, 4) is 6.07 Å². The highest BCUT2D eigenvalue weighted by Crippen LogP contribution is 2.21. The SMILES string of the molecule is C=CCN(Cc1ccc(C#N)cc1)C(=O)C1CCCN1C(=O)OC. The predicted molar refractivity (Wildman–Crippen MR) is 88.9 cm³/mol. The number of benzene rings is 1. The fraction of sp³-hybridized carbons (Fsp3) is 0.389. The van der Waals surface area contributed by atoms with Crippen LogP contribution in [0.15, 0.2) is 36.9 Å². The molecule has 1 saturated heterocycles. The molecular formula is C18H21N3O3. The Labute approximate surface area is 141 Å². The van der Waals surface area contributed by atoms with Gasteiger partial charge >= 0.3 is 6.09 Å². The van der Waals surface area contributed by atoms with Crippen LogP contribution in [0.3, 0.4) is 0 Å². The van der Waals surface area contributed by atoms with E-state index in [0.29, 0.717) is 31.6 Å². The summed E-state index contributed by atoms with van der Waals surface area (Å²) in [5, 5.41) is 8.85. The zero-order chi connectivity index (χ0) is 17.5. The van der Waals surface area contributed by atoms with Crippen molar-refractivity contribution in [1.29, 1.82) is 5.26 Å². The third-order valence-electron chi connectivity index (χ3n) is 4.06. The van der Waals surface area contributed by atoms with E-state index in [4.69, 9.17) is 10.00 Å². The lowest BCUT2D eigenvalue weighted by Crippen LogP contribution is -2.47. The average Bonchev–Trinajstić information content (AvgIpc) is 3.10. The first kappa shape index (κ1) is 17.5. The van der Waals surface area contributed by atoms with Crippen molar-refractivity contribution >= 4 is 12.0 Å². The van der Waals surface area contributed by atoms with Crippen molar-refractivity contribution in [2.45, 2.75) is 25.4 Å². The first-order valence-electron chi connectivity index (χ1n) is 7.84. The number of nitriles is 1. The number of likely N-dealkylation sites (tertiary alicyclic amines) is 1. The molecule has 0 radical (unpaired) electrons. The highest BCUT2D eigenvalue weighted by molar-refractivity contribution is 5.86. The molecule has 2 rings (SSSR count). The number of hydrogen-bond acceptors (Lipinski definition) is 4. The van der Waals surface area contributed by atoms with Crippen LogP contribution in [0, 0.1) is 11.3 Å². The molecule has 126 valence electrons. The van der Waals surface area contributed by atoms with Crippen molar-refractivity contribution in [2.24, 2.45) is 0 Å². The number of ether oxygens (including phenoxy) is 1. The summed E-state index contributed by atoms with van der Waals surface area (Å²) in [5.74, 6) is -0.109. The van der Waals surface area contributed by atoms with Crippen LogP contribution in [-0.2, 0) is 16.1 Å². The fourth-order valence-corrected chi connectivity index (χ4v) is 2.86. The van der Waals surface area contributed by atoms with Crippen LogP contribution in [0.1, 0.15) is 24.0 Å². The normalized spacial score (nSPS) is 16.3. The molecule has 0 spiro atoms. The van der Waals surface area contributed by atoms with E-state index in [1.807, 2.05) is 12.1 Å². The number of carbonyl (C=O) groups is 2. The first-order chi connectivity index (χ1) is 11.6. The van der Waals surface area contributed by atoms with Crippen LogP contribution in [0.4, 0.5) is 4.79 Å². The molecule has 0 saturated carbocycles. The Morgan fingerprint density at radius 3 is 2.75 bits per heavy atom. The molecule has 1 fully saturated rings. The summed E-state index contributed by atoms with van der Waals surface area (Å²) >= 11 is 0. The van der Waals surface area contributed by atoms with Gasteiger partial charge in [0.05, 0.1) is 18.7 Å². The highest BCUT2D eigenvalue weighted by Gasteiger charge is 2.36. The van der Waals surface area contributed by atoms with E-state index >= 15 is 0 Å². The van der Waals surface area contributed by atoms with E-state index in [9.17, 15) is 9.59 Å². The van der Waals surface area contributed by atoms with Gasteiger partial charge in [-0.2, -0.15) is 5.26 Å². The molecule has 2 amide bonds. The number of methoxy groups -OCH3 is 1. The summed E-state index contributed by atoms with van der Waals surface area (Å²) in [6.45, 7) is 5.03. The van der Waals surface area contributed by atoms with E-state index < -0.39 is 12.1 Å². The van der Waals surface area contributed by atoms with Gasteiger partial charge in [-0.1, -0.05) is 18.2 Å². The molecular weight excluding hydrogens is 306 g/mol. The Morgan fingerprint density at radius 1 is 1.46 bits per heavy atom. The maximum Gasteiger partial charge on any atom is 0.410 e. The topological polar surface area (TPSA) is 73.6 Å². The maximum absolute atomic E-state index is 12.9. The van der Waals surface area contributed by atoms with Gasteiger partial charge in [0, 0.05) is 19.6 Å². The molecule has 1 unspecified atom stereocenters. The fourth-order valence-electron chi connectivity index (χ4n) is 2.86. The largest absolute Gasteiger partial charge is 0.453 e. The van der Waals surface area contributed by atoms with E-state index in [1.54, 1.807) is 23.1 Å². The van der Waals surface area contributed by atoms with E-state index in [1.165, 1.54) is 12.0 Å². The lowest BCUT2D eigenvalue weighted by Gasteiger charge is -2.29. The average molecular weight is 327 g/mol. The molecule has 1 aliphatic rings. The number of nitrogens with zero attached hydrogens (tertiary/aromatic N) is 3.